The number of aromatic amines is 2. The average Bonchev–Trinajstić information content (AvgIpc) is 4.21. The molecule has 1 fully saturated rings. The first kappa shape index (κ1) is 56.6. The number of hydrogen-bond acceptors (Lipinski definition) is 14. The third-order valence-electron chi connectivity index (χ3n) is 11.6. The van der Waals surface area contributed by atoms with Gasteiger partial charge in [-0.3, -0.25) is 14.4 Å². The van der Waals surface area contributed by atoms with Crippen LogP contribution in [0.25, 0.3) is 43.4 Å². The Bertz CT molecular complexity index is 3600. The van der Waals surface area contributed by atoms with Gasteiger partial charge in [-0.25, -0.2) is 16.8 Å². The SMILES string of the molecule is C1CCOC1.CCC.CCN(C)CCOc1ccc2n[nH]c(S(=O)(=O)c3cccc4ccccc34)c2c1.Cc1ccc(S(=O)(=O)OCCOc2ccc3n[nH]c(S(=O)(=O)c4cccc5ccccc45)c3c2)cc1.N. The second-order valence-electron chi connectivity index (χ2n) is 17.1. The Morgan fingerprint density at radius 2 is 1.03 bits per heavy atom. The first-order valence-electron chi connectivity index (χ1n) is 24.1. The number of H-pyrrole nitrogens is 2. The molecule has 1 saturated heterocycles. The molecule has 10 rings (SSSR count). The molecule has 0 radical (unpaired) electrons. The van der Waals surface area contributed by atoms with Crippen LogP contribution in [0.1, 0.15) is 45.6 Å². The van der Waals surface area contributed by atoms with Crippen LogP contribution in [0.2, 0.25) is 0 Å². The van der Waals surface area contributed by atoms with Crippen molar-refractivity contribution in [2.75, 3.05) is 53.2 Å². The lowest BCUT2D eigenvalue weighted by molar-refractivity contribution is 0.198. The third kappa shape index (κ3) is 13.7. The fourth-order valence-corrected chi connectivity index (χ4v) is 11.7. The van der Waals surface area contributed by atoms with Crippen LogP contribution >= 0.6 is 0 Å². The quantitative estimate of drug-likeness (QED) is 0.0640. The lowest BCUT2D eigenvalue weighted by Crippen LogP contribution is -2.23. The number of nitrogens with zero attached hydrogens (tertiary/aromatic N) is 3. The fraction of sp³-hybridized carbons (Fsp3) is 0.273. The Morgan fingerprint density at radius 3 is 1.49 bits per heavy atom. The van der Waals surface area contributed by atoms with Crippen molar-refractivity contribution in [3.05, 3.63) is 151 Å². The first-order valence-corrected chi connectivity index (χ1v) is 28.4. The molecule has 1 aliphatic rings. The Morgan fingerprint density at radius 1 is 0.568 bits per heavy atom. The molecule has 0 bridgehead atoms. The molecule has 3 heterocycles. The van der Waals surface area contributed by atoms with E-state index in [1.165, 1.54) is 31.4 Å². The highest BCUT2D eigenvalue weighted by atomic mass is 32.2. The first-order chi connectivity index (χ1) is 35.2. The average molecular weight is 1070 g/mol. The van der Waals surface area contributed by atoms with Crippen molar-refractivity contribution in [1.82, 2.24) is 31.4 Å². The lowest BCUT2D eigenvalue weighted by atomic mass is 10.1. The van der Waals surface area contributed by atoms with Gasteiger partial charge in [0.2, 0.25) is 19.7 Å². The van der Waals surface area contributed by atoms with Crippen LogP contribution < -0.4 is 15.6 Å². The summed E-state index contributed by atoms with van der Waals surface area (Å²) in [6.07, 6.45) is 3.81. The van der Waals surface area contributed by atoms with E-state index in [0.717, 1.165) is 42.6 Å². The molecule has 0 saturated carbocycles. The summed E-state index contributed by atoms with van der Waals surface area (Å²) < 4.78 is 100. The molecular weight excluding hydrogens is 1000 g/mol. The zero-order valence-corrected chi connectivity index (χ0v) is 44.7. The summed E-state index contributed by atoms with van der Waals surface area (Å²) in [5, 5.41) is 17.6. The van der Waals surface area contributed by atoms with E-state index in [9.17, 15) is 25.3 Å². The summed E-state index contributed by atoms with van der Waals surface area (Å²) in [6, 6.07) is 41.6. The minimum Gasteiger partial charge on any atom is -0.492 e. The molecule has 2 aromatic heterocycles. The van der Waals surface area contributed by atoms with Gasteiger partial charge in [0.15, 0.2) is 10.1 Å². The fourth-order valence-electron chi connectivity index (χ4n) is 7.66. The van der Waals surface area contributed by atoms with Crippen LogP contribution in [0.15, 0.2) is 170 Å². The number of aryl methyl sites for hydroxylation is 1. The second-order valence-corrected chi connectivity index (χ2v) is 22.5. The molecule has 5 N–H and O–H groups in total. The van der Waals surface area contributed by atoms with E-state index >= 15 is 0 Å². The number of ether oxygens (including phenoxy) is 3. The molecule has 19 heteroatoms. The lowest BCUT2D eigenvalue weighted by Gasteiger charge is -2.14. The van der Waals surface area contributed by atoms with Gasteiger partial charge < -0.3 is 25.3 Å². The van der Waals surface area contributed by atoms with Crippen molar-refractivity contribution >= 4 is 73.1 Å². The molecule has 1 aliphatic heterocycles. The van der Waals surface area contributed by atoms with E-state index in [2.05, 4.69) is 46.1 Å². The van der Waals surface area contributed by atoms with E-state index in [1.54, 1.807) is 78.9 Å². The highest BCUT2D eigenvalue weighted by Gasteiger charge is 2.27. The monoisotopic (exact) mass is 1060 g/mol. The van der Waals surface area contributed by atoms with Crippen molar-refractivity contribution in [1.29, 1.82) is 0 Å². The summed E-state index contributed by atoms with van der Waals surface area (Å²) in [6.45, 7) is 12.2. The van der Waals surface area contributed by atoms with E-state index in [4.69, 9.17) is 18.4 Å². The summed E-state index contributed by atoms with van der Waals surface area (Å²) in [5.41, 5.74) is 1.98. The Balaban J connectivity index is 0.000000210. The van der Waals surface area contributed by atoms with Gasteiger partial charge in [0.1, 0.15) is 31.3 Å². The number of rotatable bonds is 15. The minimum absolute atomic E-state index is 0. The van der Waals surface area contributed by atoms with Crippen molar-refractivity contribution in [3.63, 3.8) is 0 Å². The Hall–Kier alpha value is -6.71. The molecule has 0 atom stereocenters. The summed E-state index contributed by atoms with van der Waals surface area (Å²) >= 11 is 0. The molecule has 0 spiro atoms. The maximum absolute atomic E-state index is 13.6. The van der Waals surface area contributed by atoms with Gasteiger partial charge in [-0.2, -0.15) is 18.6 Å². The van der Waals surface area contributed by atoms with Crippen LogP contribution in [0.3, 0.4) is 0 Å². The van der Waals surface area contributed by atoms with Crippen LogP contribution in [0, 0.1) is 6.92 Å². The van der Waals surface area contributed by atoms with Crippen LogP contribution in [0.5, 0.6) is 11.5 Å². The minimum atomic E-state index is -3.92. The van der Waals surface area contributed by atoms with Crippen LogP contribution in [0.4, 0.5) is 0 Å². The molecule has 16 nitrogen and oxygen atoms in total. The zero-order valence-electron chi connectivity index (χ0n) is 42.3. The summed E-state index contributed by atoms with van der Waals surface area (Å²) in [5.74, 6) is 0.979. The number of benzene rings is 7. The highest BCUT2D eigenvalue weighted by molar-refractivity contribution is 7.92. The molecule has 7 aromatic carbocycles. The van der Waals surface area contributed by atoms with Gasteiger partial charge >= 0.3 is 0 Å². The van der Waals surface area contributed by atoms with Crippen molar-refractivity contribution in [2.45, 2.75) is 71.7 Å². The molecule has 74 heavy (non-hydrogen) atoms. The Labute approximate surface area is 433 Å². The number of fused-ring (bicyclic) bond motifs is 4. The van der Waals surface area contributed by atoms with Gasteiger partial charge in [0.05, 0.1) is 25.7 Å². The summed E-state index contributed by atoms with van der Waals surface area (Å²) in [7, 11) is -9.59. The van der Waals surface area contributed by atoms with Gasteiger partial charge in [-0.05, 0) is 105 Å². The van der Waals surface area contributed by atoms with Crippen LogP contribution in [-0.2, 0) is 38.7 Å². The van der Waals surface area contributed by atoms with Gasteiger partial charge in [-0.1, -0.05) is 118 Å². The number of sulfone groups is 2. The van der Waals surface area contributed by atoms with E-state index < -0.39 is 29.8 Å². The van der Waals surface area contributed by atoms with E-state index in [1.807, 2.05) is 68.6 Å². The predicted molar refractivity (Wildman–Crippen MR) is 291 cm³/mol. The molecule has 392 valence electrons. The largest absolute Gasteiger partial charge is 0.492 e. The standard InChI is InChI=1S/C26H22N2O6S2.C22H23N3O3S.C4H8O.C3H8.H3N/c1-18-9-12-21(13-10-18)36(31,32)34-16-15-33-20-11-14-24-23(17-20)26(28-27-24)35(29,30)25-8-4-6-19-5-2-3-7-22(19)25;1-3-25(2)13-14-28-17-11-12-20-19(15-17)22(24-23-20)29(26,27)21-10-6-8-16-7-4-5-9-18(16)21;1-2-4-5-3-1;1-3-2;/h2-14,17H,15-16H2,1H3,(H,27,28);4-12,15H,3,13-14H2,1-2H3,(H,23,24);1-4H2;3H2,1-2H3;1H3. The van der Waals surface area contributed by atoms with Crippen molar-refractivity contribution in [2.24, 2.45) is 0 Å². The predicted octanol–water partition coefficient (Wildman–Crippen LogP) is 10.9. The molecule has 9 aromatic rings. The van der Waals surface area contributed by atoms with Crippen molar-refractivity contribution in [3.8, 4) is 11.5 Å². The van der Waals surface area contributed by atoms with E-state index in [0.29, 0.717) is 50.7 Å². The van der Waals surface area contributed by atoms with Crippen molar-refractivity contribution < 1.29 is 43.6 Å². The third-order valence-corrected chi connectivity index (χ3v) is 16.5. The summed E-state index contributed by atoms with van der Waals surface area (Å²) in [4.78, 5) is 2.65. The zero-order chi connectivity index (χ0) is 52.0. The molecular formula is C55H64N6O10S3. The van der Waals surface area contributed by atoms with Crippen LogP contribution in [-0.4, -0.2) is 104 Å². The smallest absolute Gasteiger partial charge is 0.297 e. The molecule has 0 aliphatic carbocycles. The Kier molecular flexibility index (Phi) is 19.9. The van der Waals surface area contributed by atoms with Gasteiger partial charge in [0.25, 0.3) is 10.1 Å². The van der Waals surface area contributed by atoms with Gasteiger partial charge in [-0.15, -0.1) is 0 Å². The molecule has 0 amide bonds. The highest BCUT2D eigenvalue weighted by Crippen LogP contribution is 2.34. The normalized spacial score (nSPS) is 12.6. The molecule has 0 unspecified atom stereocenters. The van der Waals surface area contributed by atoms with E-state index in [-0.39, 0.29) is 44.1 Å². The van der Waals surface area contributed by atoms with Gasteiger partial charge in [0, 0.05) is 41.3 Å². The number of aromatic nitrogens is 4. The number of likely N-dealkylation sites (N-methyl/N-ethyl adjacent to an activating group) is 1. The topological polar surface area (TPSA) is 235 Å². The maximum Gasteiger partial charge on any atom is 0.297 e. The number of hydrogen-bond donors (Lipinski definition) is 3. The second kappa shape index (κ2) is 26.0. The maximum atomic E-state index is 13.6. The number of nitrogens with one attached hydrogen (secondary N) is 2.